The SMILES string of the molecule is N[C@@H](CC=NS(=O)(=O)CCC(c1ccccc1)(C(F)(F)F)C(F)(F)F)C(=O)O. The minimum Gasteiger partial charge on any atom is -0.480 e. The van der Waals surface area contributed by atoms with E-state index in [1.165, 1.54) is 6.07 Å². The number of hydrogen-bond donors (Lipinski definition) is 2. The summed E-state index contributed by atoms with van der Waals surface area (Å²) < 4.78 is 108. The van der Waals surface area contributed by atoms with Crippen molar-refractivity contribution in [3.63, 3.8) is 0 Å². The number of carbonyl (C=O) groups is 1. The van der Waals surface area contributed by atoms with Crippen LogP contribution < -0.4 is 5.73 Å². The number of hydrogen-bond acceptors (Lipinski definition) is 4. The smallest absolute Gasteiger partial charge is 0.407 e. The van der Waals surface area contributed by atoms with Gasteiger partial charge >= 0.3 is 18.3 Å². The standard InChI is InChI=1S/C15H16F6N2O4S/c16-14(17,18)13(15(19,20)21,10-4-2-1-3-5-10)7-9-28(26,27)23-8-6-11(22)12(24)25/h1-5,8,11H,6-7,9,22H2,(H,24,25)/t11-/m0/s1. The number of benzene rings is 1. The second kappa shape index (κ2) is 8.47. The lowest BCUT2D eigenvalue weighted by Crippen LogP contribution is -2.54. The van der Waals surface area contributed by atoms with Crippen molar-refractivity contribution < 1.29 is 44.7 Å². The zero-order valence-corrected chi connectivity index (χ0v) is 14.9. The molecule has 1 aromatic rings. The van der Waals surface area contributed by atoms with Crippen LogP contribution in [0.5, 0.6) is 0 Å². The van der Waals surface area contributed by atoms with Crippen LogP contribution in [0.25, 0.3) is 0 Å². The van der Waals surface area contributed by atoms with Gasteiger partial charge in [-0.3, -0.25) is 4.79 Å². The molecule has 0 fully saturated rings. The third kappa shape index (κ3) is 5.44. The summed E-state index contributed by atoms with van der Waals surface area (Å²) in [5, 5.41) is 8.54. The lowest BCUT2D eigenvalue weighted by molar-refractivity contribution is -0.304. The summed E-state index contributed by atoms with van der Waals surface area (Å²) in [6, 6.07) is 2.87. The Hall–Kier alpha value is -2.15. The van der Waals surface area contributed by atoms with E-state index < -0.39 is 64.0 Å². The summed E-state index contributed by atoms with van der Waals surface area (Å²) in [6.45, 7) is 0. The topological polar surface area (TPSA) is 110 Å². The third-order valence-electron chi connectivity index (χ3n) is 3.88. The van der Waals surface area contributed by atoms with Crippen molar-refractivity contribution in [1.29, 1.82) is 0 Å². The maximum atomic E-state index is 13.5. The largest absolute Gasteiger partial charge is 0.480 e. The Balaban J connectivity index is 3.22. The first-order valence-electron chi connectivity index (χ1n) is 7.58. The van der Waals surface area contributed by atoms with E-state index in [4.69, 9.17) is 10.8 Å². The van der Waals surface area contributed by atoms with Gasteiger partial charge in [-0.25, -0.2) is 8.42 Å². The molecule has 6 nitrogen and oxygen atoms in total. The molecule has 158 valence electrons. The third-order valence-corrected chi connectivity index (χ3v) is 5.07. The van der Waals surface area contributed by atoms with Gasteiger partial charge in [-0.1, -0.05) is 30.3 Å². The van der Waals surface area contributed by atoms with Crippen LogP contribution in [0.3, 0.4) is 0 Å². The van der Waals surface area contributed by atoms with Gasteiger partial charge in [0.05, 0.1) is 5.75 Å². The van der Waals surface area contributed by atoms with Crippen LogP contribution in [0.2, 0.25) is 0 Å². The molecule has 0 saturated heterocycles. The number of halogens is 6. The summed E-state index contributed by atoms with van der Waals surface area (Å²) in [5.74, 6) is -3.05. The number of aliphatic carboxylic acids is 1. The Labute approximate surface area is 156 Å². The monoisotopic (exact) mass is 434 g/mol. The van der Waals surface area contributed by atoms with E-state index in [2.05, 4.69) is 4.40 Å². The van der Waals surface area contributed by atoms with Crippen LogP contribution >= 0.6 is 0 Å². The Bertz CT molecular complexity index is 792. The van der Waals surface area contributed by atoms with E-state index in [9.17, 15) is 39.6 Å². The Kier molecular flexibility index (Phi) is 7.23. The molecule has 1 aromatic carbocycles. The zero-order chi connectivity index (χ0) is 21.8. The quantitative estimate of drug-likeness (QED) is 0.483. The van der Waals surface area contributed by atoms with E-state index in [0.29, 0.717) is 18.3 Å². The Morgan fingerprint density at radius 1 is 1.11 bits per heavy atom. The molecule has 3 N–H and O–H groups in total. The molecule has 0 saturated carbocycles. The molecule has 0 unspecified atom stereocenters. The van der Waals surface area contributed by atoms with Gasteiger partial charge in [0.15, 0.2) is 5.41 Å². The highest BCUT2D eigenvalue weighted by molar-refractivity contribution is 7.90. The zero-order valence-electron chi connectivity index (χ0n) is 14.0. The molecule has 1 atom stereocenters. The second-order valence-electron chi connectivity index (χ2n) is 5.77. The maximum Gasteiger partial charge on any atom is 0.407 e. The van der Waals surface area contributed by atoms with Crippen molar-refractivity contribution in [2.45, 2.75) is 36.7 Å². The minimum atomic E-state index is -5.84. The van der Waals surface area contributed by atoms with E-state index in [-0.39, 0.29) is 0 Å². The van der Waals surface area contributed by atoms with Gasteiger partial charge in [0.2, 0.25) is 0 Å². The molecule has 0 heterocycles. The highest BCUT2D eigenvalue weighted by atomic mass is 32.2. The maximum absolute atomic E-state index is 13.5. The Morgan fingerprint density at radius 2 is 1.61 bits per heavy atom. The van der Waals surface area contributed by atoms with Gasteiger partial charge in [-0.05, 0) is 12.0 Å². The number of nitrogens with zero attached hydrogens (tertiary/aromatic N) is 1. The van der Waals surface area contributed by atoms with E-state index >= 15 is 0 Å². The van der Waals surface area contributed by atoms with Gasteiger partial charge < -0.3 is 10.8 Å². The molecule has 0 aliphatic heterocycles. The van der Waals surface area contributed by atoms with Crippen LogP contribution in [0.4, 0.5) is 26.3 Å². The fourth-order valence-corrected chi connectivity index (χ4v) is 3.33. The average Bonchev–Trinajstić information content (AvgIpc) is 2.53. The number of nitrogens with two attached hydrogens (primary N) is 1. The first-order valence-corrected chi connectivity index (χ1v) is 9.19. The fraction of sp³-hybridized carbons (Fsp3) is 0.467. The first-order chi connectivity index (χ1) is 12.6. The molecular weight excluding hydrogens is 418 g/mol. The summed E-state index contributed by atoms with van der Waals surface area (Å²) in [5.41, 5.74) is -0.470. The fourth-order valence-electron chi connectivity index (χ4n) is 2.34. The number of rotatable bonds is 8. The predicted molar refractivity (Wildman–Crippen MR) is 87.4 cm³/mol. The lowest BCUT2D eigenvalue weighted by Gasteiger charge is -2.37. The predicted octanol–water partition coefficient (Wildman–Crippen LogP) is 2.64. The van der Waals surface area contributed by atoms with Gasteiger partial charge in [-0.15, -0.1) is 0 Å². The Morgan fingerprint density at radius 3 is 2.04 bits per heavy atom. The van der Waals surface area contributed by atoms with Crippen LogP contribution in [0.15, 0.2) is 34.7 Å². The summed E-state index contributed by atoms with van der Waals surface area (Å²) in [4.78, 5) is 10.5. The van der Waals surface area contributed by atoms with E-state index in [1.54, 1.807) is 0 Å². The van der Waals surface area contributed by atoms with Crippen molar-refractivity contribution in [3.8, 4) is 0 Å². The molecule has 0 radical (unpaired) electrons. The van der Waals surface area contributed by atoms with Crippen LogP contribution in [0, 0.1) is 0 Å². The van der Waals surface area contributed by atoms with Gasteiger partial charge in [0, 0.05) is 12.6 Å². The van der Waals surface area contributed by atoms with Crippen molar-refractivity contribution in [2.24, 2.45) is 10.1 Å². The molecule has 0 aliphatic rings. The summed E-state index contributed by atoms with van der Waals surface area (Å²) >= 11 is 0. The molecule has 0 aromatic heterocycles. The first kappa shape index (κ1) is 23.9. The molecule has 13 heteroatoms. The number of sulfonamides is 1. The van der Waals surface area contributed by atoms with Crippen molar-refractivity contribution in [3.05, 3.63) is 35.9 Å². The molecule has 0 spiro atoms. The van der Waals surface area contributed by atoms with Crippen molar-refractivity contribution in [2.75, 3.05) is 5.75 Å². The summed E-state index contributed by atoms with van der Waals surface area (Å²) in [6.07, 6.45) is -13.6. The van der Waals surface area contributed by atoms with Crippen LogP contribution in [-0.4, -0.2) is 49.9 Å². The molecular formula is C15H16F6N2O4S. The van der Waals surface area contributed by atoms with Crippen molar-refractivity contribution >= 4 is 22.2 Å². The number of alkyl halides is 6. The van der Waals surface area contributed by atoms with E-state index in [0.717, 1.165) is 12.1 Å². The van der Waals surface area contributed by atoms with E-state index in [1.807, 2.05) is 0 Å². The van der Waals surface area contributed by atoms with Gasteiger partial charge in [-0.2, -0.15) is 30.7 Å². The van der Waals surface area contributed by atoms with Crippen LogP contribution in [0.1, 0.15) is 18.4 Å². The second-order valence-corrected chi connectivity index (χ2v) is 7.55. The molecule has 0 bridgehead atoms. The normalized spacial score (nSPS) is 15.0. The number of carboxylic acid groups (broad SMARTS) is 1. The van der Waals surface area contributed by atoms with Gasteiger partial charge in [0.1, 0.15) is 6.04 Å². The number of carboxylic acids is 1. The van der Waals surface area contributed by atoms with Gasteiger partial charge in [0.25, 0.3) is 10.0 Å². The molecule has 28 heavy (non-hydrogen) atoms. The molecule has 1 rings (SSSR count). The van der Waals surface area contributed by atoms with Crippen LogP contribution in [-0.2, 0) is 20.2 Å². The summed E-state index contributed by atoms with van der Waals surface area (Å²) in [7, 11) is -4.74. The highest BCUT2D eigenvalue weighted by Gasteiger charge is 2.71. The highest BCUT2D eigenvalue weighted by Crippen LogP contribution is 2.54. The lowest BCUT2D eigenvalue weighted by atomic mass is 9.76. The molecule has 0 amide bonds. The average molecular weight is 434 g/mol. The molecule has 0 aliphatic carbocycles. The van der Waals surface area contributed by atoms with Crippen molar-refractivity contribution in [1.82, 2.24) is 0 Å². The minimum absolute atomic E-state index is 0.527.